The van der Waals surface area contributed by atoms with Gasteiger partial charge in [-0.1, -0.05) is 6.07 Å². The predicted octanol–water partition coefficient (Wildman–Crippen LogP) is 2.02. The number of rotatable bonds is 0. The fourth-order valence-corrected chi connectivity index (χ4v) is 0.983. The highest BCUT2D eigenvalue weighted by molar-refractivity contribution is 5.45. The Bertz CT molecular complexity index is 232. The zero-order chi connectivity index (χ0) is 7.72. The Hall–Kier alpha value is -1.05. The van der Waals surface area contributed by atoms with Crippen molar-refractivity contribution in [2.75, 3.05) is 5.73 Å². The van der Waals surface area contributed by atoms with Crippen LogP contribution in [0.3, 0.4) is 0 Å². The Morgan fingerprint density at radius 1 is 1.30 bits per heavy atom. The normalized spacial score (nSPS) is 9.90. The summed E-state index contributed by atoms with van der Waals surface area (Å²) < 4.78 is 12.8. The van der Waals surface area contributed by atoms with E-state index in [0.717, 1.165) is 5.56 Å². The van der Waals surface area contributed by atoms with Gasteiger partial charge < -0.3 is 5.73 Å². The van der Waals surface area contributed by atoms with Gasteiger partial charge in [-0.15, -0.1) is 0 Å². The molecule has 54 valence electrons. The molecule has 1 rings (SSSR count). The molecule has 1 aromatic rings. The number of hydrogen-bond donors (Lipinski definition) is 1. The van der Waals surface area contributed by atoms with E-state index in [4.69, 9.17) is 5.73 Å². The zero-order valence-electron chi connectivity index (χ0n) is 6.11. The van der Waals surface area contributed by atoms with Crippen molar-refractivity contribution in [3.8, 4) is 0 Å². The molecule has 0 fully saturated rings. The first kappa shape index (κ1) is 7.06. The first-order valence-electron chi connectivity index (χ1n) is 3.13. The summed E-state index contributed by atoms with van der Waals surface area (Å²) in [6, 6.07) is 3.40. The summed E-state index contributed by atoms with van der Waals surface area (Å²) in [7, 11) is 0. The van der Waals surface area contributed by atoms with Crippen LogP contribution in [-0.4, -0.2) is 0 Å². The SMILES string of the molecule is Cc1cc(C)c(F)c(N)c1. The zero-order valence-corrected chi connectivity index (χ0v) is 6.11. The first-order chi connectivity index (χ1) is 4.61. The molecule has 0 atom stereocenters. The number of benzene rings is 1. The Labute approximate surface area is 59.7 Å². The average molecular weight is 139 g/mol. The molecule has 2 heteroatoms. The standard InChI is InChI=1S/C8H10FN/c1-5-3-6(2)8(9)7(10)4-5/h3-4H,10H2,1-2H3. The van der Waals surface area contributed by atoms with Gasteiger partial charge in [-0.05, 0) is 31.0 Å². The molecule has 0 aliphatic carbocycles. The number of nitrogen functional groups attached to an aromatic ring is 1. The summed E-state index contributed by atoms with van der Waals surface area (Å²) in [6.45, 7) is 3.60. The molecule has 0 aliphatic heterocycles. The maximum absolute atomic E-state index is 12.8. The second-order valence-electron chi connectivity index (χ2n) is 2.49. The van der Waals surface area contributed by atoms with E-state index in [1.807, 2.05) is 6.92 Å². The molecule has 1 nitrogen and oxygen atoms in total. The average Bonchev–Trinajstić information content (AvgIpc) is 1.82. The predicted molar refractivity (Wildman–Crippen MR) is 40.3 cm³/mol. The molecule has 1 aromatic carbocycles. The van der Waals surface area contributed by atoms with Gasteiger partial charge in [0.2, 0.25) is 0 Å². The highest BCUT2D eigenvalue weighted by Crippen LogP contribution is 2.15. The lowest BCUT2D eigenvalue weighted by atomic mass is 10.1. The van der Waals surface area contributed by atoms with Crippen LogP contribution in [0.5, 0.6) is 0 Å². The lowest BCUT2D eigenvalue weighted by molar-refractivity contribution is 0.623. The maximum atomic E-state index is 12.8. The van der Waals surface area contributed by atoms with E-state index in [2.05, 4.69) is 0 Å². The molecule has 2 N–H and O–H groups in total. The van der Waals surface area contributed by atoms with Gasteiger partial charge >= 0.3 is 0 Å². The third kappa shape index (κ3) is 1.10. The van der Waals surface area contributed by atoms with Crippen LogP contribution < -0.4 is 5.73 Å². The Kier molecular flexibility index (Phi) is 1.62. The fourth-order valence-electron chi connectivity index (χ4n) is 0.983. The van der Waals surface area contributed by atoms with Crippen LogP contribution in [0.15, 0.2) is 12.1 Å². The number of hydrogen-bond acceptors (Lipinski definition) is 1. The van der Waals surface area contributed by atoms with Gasteiger partial charge in [0.05, 0.1) is 5.69 Å². The van der Waals surface area contributed by atoms with Crippen molar-refractivity contribution in [2.24, 2.45) is 0 Å². The fraction of sp³-hybridized carbons (Fsp3) is 0.250. The largest absolute Gasteiger partial charge is 0.396 e. The molecule has 10 heavy (non-hydrogen) atoms. The Balaban J connectivity index is 3.31. The highest BCUT2D eigenvalue weighted by atomic mass is 19.1. The Morgan fingerprint density at radius 3 is 2.40 bits per heavy atom. The van der Waals surface area contributed by atoms with E-state index in [-0.39, 0.29) is 11.5 Å². The van der Waals surface area contributed by atoms with Gasteiger partial charge in [0.25, 0.3) is 0 Å². The third-order valence-electron chi connectivity index (χ3n) is 1.43. The van der Waals surface area contributed by atoms with Gasteiger partial charge in [0.1, 0.15) is 5.82 Å². The van der Waals surface area contributed by atoms with Crippen LogP contribution in [0.2, 0.25) is 0 Å². The minimum Gasteiger partial charge on any atom is -0.396 e. The van der Waals surface area contributed by atoms with Crippen molar-refractivity contribution in [2.45, 2.75) is 13.8 Å². The quantitative estimate of drug-likeness (QED) is 0.547. The number of aryl methyl sites for hydroxylation is 2. The van der Waals surface area contributed by atoms with Crippen LogP contribution in [-0.2, 0) is 0 Å². The van der Waals surface area contributed by atoms with Crippen LogP contribution >= 0.6 is 0 Å². The van der Waals surface area contributed by atoms with E-state index < -0.39 is 0 Å². The second kappa shape index (κ2) is 2.29. The van der Waals surface area contributed by atoms with Crippen LogP contribution in [0.1, 0.15) is 11.1 Å². The van der Waals surface area contributed by atoms with E-state index in [1.165, 1.54) is 0 Å². The topological polar surface area (TPSA) is 26.0 Å². The number of halogens is 1. The molecule has 0 unspecified atom stereocenters. The number of anilines is 1. The van der Waals surface area contributed by atoms with Crippen LogP contribution in [0, 0.1) is 19.7 Å². The van der Waals surface area contributed by atoms with Gasteiger partial charge in [-0.2, -0.15) is 0 Å². The van der Waals surface area contributed by atoms with Gasteiger partial charge in [0, 0.05) is 0 Å². The van der Waals surface area contributed by atoms with Crippen molar-refractivity contribution in [1.82, 2.24) is 0 Å². The second-order valence-corrected chi connectivity index (χ2v) is 2.49. The highest BCUT2D eigenvalue weighted by Gasteiger charge is 2.00. The first-order valence-corrected chi connectivity index (χ1v) is 3.13. The molecule has 0 spiro atoms. The van der Waals surface area contributed by atoms with E-state index in [9.17, 15) is 4.39 Å². The van der Waals surface area contributed by atoms with Gasteiger partial charge in [0.15, 0.2) is 0 Å². The Morgan fingerprint density at radius 2 is 1.90 bits per heavy atom. The lowest BCUT2D eigenvalue weighted by Gasteiger charge is -2.01. The summed E-state index contributed by atoms with van der Waals surface area (Å²) >= 11 is 0. The maximum Gasteiger partial charge on any atom is 0.148 e. The van der Waals surface area contributed by atoms with Crippen molar-refractivity contribution >= 4 is 5.69 Å². The van der Waals surface area contributed by atoms with Gasteiger partial charge in [-0.25, -0.2) is 4.39 Å². The van der Waals surface area contributed by atoms with Crippen molar-refractivity contribution < 1.29 is 4.39 Å². The summed E-state index contributed by atoms with van der Waals surface area (Å²) in [4.78, 5) is 0. The van der Waals surface area contributed by atoms with Crippen molar-refractivity contribution in [3.63, 3.8) is 0 Å². The molecule has 0 heterocycles. The van der Waals surface area contributed by atoms with Crippen LogP contribution in [0.4, 0.5) is 10.1 Å². The molecule has 0 saturated heterocycles. The smallest absolute Gasteiger partial charge is 0.148 e. The molecule has 0 bridgehead atoms. The molecule has 0 aliphatic rings. The summed E-state index contributed by atoms with van der Waals surface area (Å²) in [5, 5.41) is 0. The van der Waals surface area contributed by atoms with E-state index in [1.54, 1.807) is 19.1 Å². The van der Waals surface area contributed by atoms with Crippen molar-refractivity contribution in [3.05, 3.63) is 29.1 Å². The van der Waals surface area contributed by atoms with E-state index in [0.29, 0.717) is 5.56 Å². The summed E-state index contributed by atoms with van der Waals surface area (Å²) in [5.74, 6) is -0.300. The molecule has 0 saturated carbocycles. The molecular formula is C8H10FN. The molecule has 0 radical (unpaired) electrons. The third-order valence-corrected chi connectivity index (χ3v) is 1.43. The van der Waals surface area contributed by atoms with Crippen LogP contribution in [0.25, 0.3) is 0 Å². The van der Waals surface area contributed by atoms with E-state index >= 15 is 0 Å². The lowest BCUT2D eigenvalue weighted by Crippen LogP contribution is -1.93. The number of nitrogens with two attached hydrogens (primary N) is 1. The monoisotopic (exact) mass is 139 g/mol. The molecule has 0 amide bonds. The van der Waals surface area contributed by atoms with Gasteiger partial charge in [-0.3, -0.25) is 0 Å². The van der Waals surface area contributed by atoms with Crippen molar-refractivity contribution in [1.29, 1.82) is 0 Å². The molecule has 0 aromatic heterocycles. The molecular weight excluding hydrogens is 129 g/mol. The summed E-state index contributed by atoms with van der Waals surface area (Å²) in [6.07, 6.45) is 0. The minimum absolute atomic E-state index is 0.234. The minimum atomic E-state index is -0.300. The summed E-state index contributed by atoms with van der Waals surface area (Å²) in [5.41, 5.74) is 7.19.